The van der Waals surface area contributed by atoms with Crippen LogP contribution in [0.5, 0.6) is 0 Å². The van der Waals surface area contributed by atoms with Crippen LogP contribution in [0.25, 0.3) is 22.3 Å². The van der Waals surface area contributed by atoms with E-state index in [4.69, 9.17) is 9.97 Å². The van der Waals surface area contributed by atoms with E-state index in [1.807, 2.05) is 54.6 Å². The Hall–Kier alpha value is -2.40. The van der Waals surface area contributed by atoms with Crippen molar-refractivity contribution in [2.75, 3.05) is 5.75 Å². The lowest BCUT2D eigenvalue weighted by molar-refractivity contribution is -0.119. The number of fused-ring (bicyclic) bond motifs is 1. The van der Waals surface area contributed by atoms with Crippen LogP contribution >= 0.6 is 11.8 Å². The number of rotatable bonds is 5. The smallest absolute Gasteiger partial charge is 0.230 e. The maximum absolute atomic E-state index is 12.5. The van der Waals surface area contributed by atoms with Crippen molar-refractivity contribution >= 4 is 28.6 Å². The highest BCUT2D eigenvalue weighted by Gasteiger charge is 2.23. The van der Waals surface area contributed by atoms with Gasteiger partial charge in [-0.3, -0.25) is 4.79 Å². The second-order valence-corrected chi connectivity index (χ2v) is 8.42. The number of benzene rings is 2. The molecule has 1 aliphatic rings. The van der Waals surface area contributed by atoms with Crippen molar-refractivity contribution in [3.05, 3.63) is 54.6 Å². The van der Waals surface area contributed by atoms with Crippen LogP contribution in [0.4, 0.5) is 0 Å². The summed E-state index contributed by atoms with van der Waals surface area (Å²) in [5.74, 6) is 1.72. The maximum atomic E-state index is 12.5. The molecule has 28 heavy (non-hydrogen) atoms. The van der Waals surface area contributed by atoms with E-state index < -0.39 is 0 Å². The summed E-state index contributed by atoms with van der Waals surface area (Å²) < 4.78 is 0. The molecular weight excluding hydrogens is 366 g/mol. The van der Waals surface area contributed by atoms with Crippen molar-refractivity contribution in [1.82, 2.24) is 15.3 Å². The van der Waals surface area contributed by atoms with E-state index in [0.29, 0.717) is 23.5 Å². The first-order valence-electron chi connectivity index (χ1n) is 9.95. The zero-order chi connectivity index (χ0) is 19.3. The fourth-order valence-electron chi connectivity index (χ4n) is 3.79. The Labute approximate surface area is 170 Å². The van der Waals surface area contributed by atoms with Gasteiger partial charge in [-0.15, -0.1) is 0 Å². The number of carbonyl (C=O) groups is 1. The van der Waals surface area contributed by atoms with E-state index in [0.717, 1.165) is 27.9 Å². The molecule has 2 atom stereocenters. The lowest BCUT2D eigenvalue weighted by Crippen LogP contribution is -2.41. The van der Waals surface area contributed by atoms with E-state index >= 15 is 0 Å². The average Bonchev–Trinajstić information content (AvgIpc) is 2.74. The summed E-state index contributed by atoms with van der Waals surface area (Å²) >= 11 is 1.49. The van der Waals surface area contributed by atoms with E-state index in [1.165, 1.54) is 31.0 Å². The third-order valence-electron chi connectivity index (χ3n) is 5.40. The Balaban J connectivity index is 1.53. The number of nitrogens with one attached hydrogen (secondary N) is 1. The van der Waals surface area contributed by atoms with Crippen molar-refractivity contribution in [2.24, 2.45) is 5.92 Å². The van der Waals surface area contributed by atoms with E-state index in [-0.39, 0.29) is 5.91 Å². The van der Waals surface area contributed by atoms with Gasteiger partial charge in [-0.2, -0.15) is 0 Å². The summed E-state index contributed by atoms with van der Waals surface area (Å²) in [7, 11) is 0. The highest BCUT2D eigenvalue weighted by atomic mass is 32.2. The van der Waals surface area contributed by atoms with Crippen LogP contribution in [0.2, 0.25) is 0 Å². The summed E-state index contributed by atoms with van der Waals surface area (Å²) in [6, 6.07) is 18.3. The van der Waals surface area contributed by atoms with Crippen molar-refractivity contribution in [3.63, 3.8) is 0 Å². The molecule has 0 spiro atoms. The minimum Gasteiger partial charge on any atom is -0.352 e. The predicted octanol–water partition coefficient (Wildman–Crippen LogP) is 5.08. The number of para-hydroxylation sites is 1. The molecule has 0 bridgehead atoms. The molecular formula is C23H25N3OS. The van der Waals surface area contributed by atoms with Crippen molar-refractivity contribution in [2.45, 2.75) is 43.7 Å². The zero-order valence-corrected chi connectivity index (χ0v) is 16.9. The number of carbonyl (C=O) groups excluding carboxylic acids is 1. The lowest BCUT2D eigenvalue weighted by Gasteiger charge is -2.29. The third-order valence-corrected chi connectivity index (χ3v) is 6.39. The quantitative estimate of drug-likeness (QED) is 0.486. The number of hydrogen-bond acceptors (Lipinski definition) is 4. The Morgan fingerprint density at radius 3 is 2.61 bits per heavy atom. The van der Waals surface area contributed by atoms with Gasteiger partial charge in [0.1, 0.15) is 5.03 Å². The molecule has 2 aromatic carbocycles. The van der Waals surface area contributed by atoms with Gasteiger partial charge in [-0.1, -0.05) is 80.1 Å². The molecule has 1 fully saturated rings. The normalized spacial score (nSPS) is 19.5. The Bertz CT molecular complexity index is 960. The second-order valence-electron chi connectivity index (χ2n) is 7.46. The minimum absolute atomic E-state index is 0.0905. The SMILES string of the molecule is C[C@H]1CCCC[C@H]1NC(=O)CSc1nc(-c2ccccc2)nc2ccccc12. The third kappa shape index (κ3) is 4.36. The Morgan fingerprint density at radius 1 is 1.04 bits per heavy atom. The van der Waals surface area contributed by atoms with Crippen LogP contribution in [0.1, 0.15) is 32.6 Å². The fourth-order valence-corrected chi connectivity index (χ4v) is 4.62. The molecule has 4 rings (SSSR count). The predicted molar refractivity (Wildman–Crippen MR) is 115 cm³/mol. The molecule has 1 saturated carbocycles. The van der Waals surface area contributed by atoms with Gasteiger partial charge in [0, 0.05) is 17.0 Å². The van der Waals surface area contributed by atoms with Gasteiger partial charge in [-0.05, 0) is 24.8 Å². The minimum atomic E-state index is 0.0905. The van der Waals surface area contributed by atoms with Gasteiger partial charge in [0.15, 0.2) is 5.82 Å². The molecule has 0 radical (unpaired) electrons. The first-order valence-corrected chi connectivity index (χ1v) is 10.9. The molecule has 1 aliphatic carbocycles. The van der Waals surface area contributed by atoms with Crippen LogP contribution in [-0.4, -0.2) is 27.7 Å². The van der Waals surface area contributed by atoms with Gasteiger partial charge in [0.2, 0.25) is 5.91 Å². The monoisotopic (exact) mass is 391 g/mol. The highest BCUT2D eigenvalue weighted by Crippen LogP contribution is 2.29. The molecule has 0 saturated heterocycles. The highest BCUT2D eigenvalue weighted by molar-refractivity contribution is 8.00. The first kappa shape index (κ1) is 18.9. The molecule has 1 aromatic heterocycles. The molecule has 144 valence electrons. The standard InChI is InChI=1S/C23H25N3OS/c1-16-9-5-7-13-19(16)24-21(27)15-28-23-18-12-6-8-14-20(18)25-22(26-23)17-10-3-2-4-11-17/h2-4,6,8,10-12,14,16,19H,5,7,9,13,15H2,1H3,(H,24,27)/t16-,19+/m0/s1. The summed E-state index contributed by atoms with van der Waals surface area (Å²) in [6.45, 7) is 2.24. The van der Waals surface area contributed by atoms with E-state index in [2.05, 4.69) is 12.2 Å². The van der Waals surface area contributed by atoms with Gasteiger partial charge in [0.05, 0.1) is 11.3 Å². The summed E-state index contributed by atoms with van der Waals surface area (Å²) in [6.07, 6.45) is 4.78. The largest absolute Gasteiger partial charge is 0.352 e. The van der Waals surface area contributed by atoms with Crippen molar-refractivity contribution in [1.29, 1.82) is 0 Å². The number of aromatic nitrogens is 2. The van der Waals surface area contributed by atoms with Crippen LogP contribution < -0.4 is 5.32 Å². The number of amides is 1. The number of thioether (sulfide) groups is 1. The van der Waals surface area contributed by atoms with Gasteiger partial charge in [-0.25, -0.2) is 9.97 Å². The van der Waals surface area contributed by atoms with Crippen LogP contribution in [0, 0.1) is 5.92 Å². The van der Waals surface area contributed by atoms with Gasteiger partial charge >= 0.3 is 0 Å². The van der Waals surface area contributed by atoms with Crippen LogP contribution in [0.3, 0.4) is 0 Å². The van der Waals surface area contributed by atoms with Gasteiger partial charge in [0.25, 0.3) is 0 Å². The van der Waals surface area contributed by atoms with Crippen molar-refractivity contribution < 1.29 is 4.79 Å². The van der Waals surface area contributed by atoms with E-state index in [9.17, 15) is 4.79 Å². The topological polar surface area (TPSA) is 54.9 Å². The maximum Gasteiger partial charge on any atom is 0.230 e. The summed E-state index contributed by atoms with van der Waals surface area (Å²) in [4.78, 5) is 22.0. The Morgan fingerprint density at radius 2 is 1.79 bits per heavy atom. The molecule has 0 unspecified atom stereocenters. The van der Waals surface area contributed by atoms with Crippen LogP contribution in [0.15, 0.2) is 59.6 Å². The summed E-state index contributed by atoms with van der Waals surface area (Å²) in [5, 5.41) is 5.08. The number of hydrogen-bond donors (Lipinski definition) is 1. The second kappa shape index (κ2) is 8.74. The summed E-state index contributed by atoms with van der Waals surface area (Å²) in [5.41, 5.74) is 1.88. The number of nitrogens with zero attached hydrogens (tertiary/aromatic N) is 2. The fraction of sp³-hybridized carbons (Fsp3) is 0.348. The molecule has 5 heteroatoms. The van der Waals surface area contributed by atoms with Crippen molar-refractivity contribution in [3.8, 4) is 11.4 Å². The van der Waals surface area contributed by atoms with Gasteiger partial charge < -0.3 is 5.32 Å². The first-order chi connectivity index (χ1) is 13.7. The molecule has 0 aliphatic heterocycles. The molecule has 1 N–H and O–H groups in total. The van der Waals surface area contributed by atoms with E-state index in [1.54, 1.807) is 0 Å². The zero-order valence-electron chi connectivity index (χ0n) is 16.1. The van der Waals surface area contributed by atoms with Crippen LogP contribution in [-0.2, 0) is 4.79 Å². The molecule has 4 nitrogen and oxygen atoms in total. The molecule has 1 amide bonds. The lowest BCUT2D eigenvalue weighted by atomic mass is 9.86. The average molecular weight is 392 g/mol. The molecule has 1 heterocycles. The Kier molecular flexibility index (Phi) is 5.91. The molecule has 3 aromatic rings.